The fourth-order valence-electron chi connectivity index (χ4n) is 2.77. The van der Waals surface area contributed by atoms with Gasteiger partial charge in [-0.3, -0.25) is 4.90 Å². The van der Waals surface area contributed by atoms with Gasteiger partial charge in [0, 0.05) is 18.6 Å². The van der Waals surface area contributed by atoms with Crippen LogP contribution in [0, 0.1) is 5.41 Å². The lowest BCUT2D eigenvalue weighted by Gasteiger charge is -2.38. The molecule has 2 rings (SSSR count). The largest absolute Gasteiger partial charge is 0.379 e. The molecule has 1 aliphatic heterocycles. The van der Waals surface area contributed by atoms with Crippen molar-refractivity contribution in [3.63, 3.8) is 0 Å². The molecular formula is C12H23NO. The van der Waals surface area contributed by atoms with Crippen LogP contribution < -0.4 is 0 Å². The molecule has 0 atom stereocenters. The van der Waals surface area contributed by atoms with Crippen molar-refractivity contribution in [2.75, 3.05) is 26.3 Å². The zero-order valence-corrected chi connectivity index (χ0v) is 9.81. The Morgan fingerprint density at radius 3 is 2.14 bits per heavy atom. The first kappa shape index (κ1) is 10.4. The van der Waals surface area contributed by atoms with Gasteiger partial charge < -0.3 is 4.74 Å². The van der Waals surface area contributed by atoms with Crippen molar-refractivity contribution in [3.8, 4) is 0 Å². The highest BCUT2D eigenvalue weighted by Gasteiger charge is 2.49. The van der Waals surface area contributed by atoms with E-state index in [-0.39, 0.29) is 0 Å². The van der Waals surface area contributed by atoms with Crippen molar-refractivity contribution in [1.29, 1.82) is 0 Å². The van der Waals surface area contributed by atoms with E-state index in [2.05, 4.69) is 25.7 Å². The van der Waals surface area contributed by atoms with Gasteiger partial charge in [-0.25, -0.2) is 0 Å². The summed E-state index contributed by atoms with van der Waals surface area (Å²) >= 11 is 0. The molecule has 1 heterocycles. The molecule has 14 heavy (non-hydrogen) atoms. The van der Waals surface area contributed by atoms with Gasteiger partial charge in [-0.15, -0.1) is 0 Å². The predicted octanol–water partition coefficient (Wildman–Crippen LogP) is 2.29. The van der Waals surface area contributed by atoms with Crippen LogP contribution in [0.2, 0.25) is 0 Å². The van der Waals surface area contributed by atoms with Crippen LogP contribution in [0.4, 0.5) is 0 Å². The SMILES string of the molecule is CC(C)(C)CC1(N2CCOCC2)CC1. The Labute approximate surface area is 87.6 Å². The zero-order valence-electron chi connectivity index (χ0n) is 9.81. The molecule has 0 aromatic carbocycles. The van der Waals surface area contributed by atoms with Crippen molar-refractivity contribution in [2.24, 2.45) is 5.41 Å². The summed E-state index contributed by atoms with van der Waals surface area (Å²) in [6.07, 6.45) is 4.16. The molecule has 0 N–H and O–H groups in total. The highest BCUT2D eigenvalue weighted by atomic mass is 16.5. The lowest BCUT2D eigenvalue weighted by Crippen LogP contribution is -2.46. The second-order valence-electron chi connectivity index (χ2n) is 6.06. The first-order chi connectivity index (χ1) is 6.52. The van der Waals surface area contributed by atoms with Crippen LogP contribution in [0.1, 0.15) is 40.0 Å². The topological polar surface area (TPSA) is 12.5 Å². The van der Waals surface area contributed by atoms with Crippen LogP contribution in [-0.2, 0) is 4.74 Å². The molecule has 2 heteroatoms. The Kier molecular flexibility index (Phi) is 2.61. The number of rotatable bonds is 2. The Morgan fingerprint density at radius 1 is 1.14 bits per heavy atom. The van der Waals surface area contributed by atoms with Gasteiger partial charge >= 0.3 is 0 Å². The molecule has 0 bridgehead atoms. The minimum Gasteiger partial charge on any atom is -0.379 e. The summed E-state index contributed by atoms with van der Waals surface area (Å²) in [5, 5.41) is 0. The molecule has 2 nitrogen and oxygen atoms in total. The Morgan fingerprint density at radius 2 is 1.71 bits per heavy atom. The maximum atomic E-state index is 5.41. The van der Waals surface area contributed by atoms with E-state index in [9.17, 15) is 0 Å². The monoisotopic (exact) mass is 197 g/mol. The minimum absolute atomic E-state index is 0.467. The molecule has 2 fully saturated rings. The lowest BCUT2D eigenvalue weighted by atomic mass is 9.86. The molecule has 82 valence electrons. The molecule has 0 amide bonds. The number of hydrogen-bond donors (Lipinski definition) is 0. The smallest absolute Gasteiger partial charge is 0.0594 e. The molecule has 0 unspecified atom stereocenters. The van der Waals surface area contributed by atoms with Gasteiger partial charge in [0.15, 0.2) is 0 Å². The van der Waals surface area contributed by atoms with Crippen molar-refractivity contribution in [3.05, 3.63) is 0 Å². The summed E-state index contributed by atoms with van der Waals surface area (Å²) in [7, 11) is 0. The molecule has 2 aliphatic rings. The van der Waals surface area contributed by atoms with Crippen LogP contribution in [0.3, 0.4) is 0 Å². The molecule has 1 aliphatic carbocycles. The van der Waals surface area contributed by atoms with Gasteiger partial charge in [0.25, 0.3) is 0 Å². The average Bonchev–Trinajstić information content (AvgIpc) is 2.85. The average molecular weight is 197 g/mol. The molecule has 1 saturated carbocycles. The third kappa shape index (κ3) is 2.29. The van der Waals surface area contributed by atoms with E-state index < -0.39 is 0 Å². The first-order valence-electron chi connectivity index (χ1n) is 5.85. The molecule has 1 saturated heterocycles. The van der Waals surface area contributed by atoms with E-state index >= 15 is 0 Å². The molecule has 0 spiro atoms. The van der Waals surface area contributed by atoms with E-state index in [4.69, 9.17) is 4.74 Å². The fraction of sp³-hybridized carbons (Fsp3) is 1.00. The second kappa shape index (κ2) is 3.49. The quantitative estimate of drug-likeness (QED) is 0.673. The molecule has 0 radical (unpaired) electrons. The van der Waals surface area contributed by atoms with E-state index in [0.29, 0.717) is 11.0 Å². The number of hydrogen-bond acceptors (Lipinski definition) is 2. The van der Waals surface area contributed by atoms with E-state index in [1.165, 1.54) is 19.3 Å². The van der Waals surface area contributed by atoms with Gasteiger partial charge in [-0.05, 0) is 24.7 Å². The normalized spacial score (nSPS) is 27.6. The van der Waals surface area contributed by atoms with Crippen molar-refractivity contribution in [1.82, 2.24) is 4.90 Å². The van der Waals surface area contributed by atoms with E-state index in [1.54, 1.807) is 0 Å². The van der Waals surface area contributed by atoms with Gasteiger partial charge in [0.1, 0.15) is 0 Å². The highest BCUT2D eigenvalue weighted by molar-refractivity contribution is 5.06. The van der Waals surface area contributed by atoms with Crippen LogP contribution >= 0.6 is 0 Å². The Bertz CT molecular complexity index is 197. The third-order valence-electron chi connectivity index (χ3n) is 3.37. The van der Waals surface area contributed by atoms with Gasteiger partial charge in [-0.2, -0.15) is 0 Å². The summed E-state index contributed by atoms with van der Waals surface area (Å²) in [6.45, 7) is 11.2. The first-order valence-corrected chi connectivity index (χ1v) is 5.85. The summed E-state index contributed by atoms with van der Waals surface area (Å²) < 4.78 is 5.41. The van der Waals surface area contributed by atoms with Crippen LogP contribution in [0.15, 0.2) is 0 Å². The lowest BCUT2D eigenvalue weighted by molar-refractivity contribution is -0.000536. The third-order valence-corrected chi connectivity index (χ3v) is 3.37. The Hall–Kier alpha value is -0.0800. The fourth-order valence-corrected chi connectivity index (χ4v) is 2.77. The van der Waals surface area contributed by atoms with Crippen molar-refractivity contribution in [2.45, 2.75) is 45.6 Å². The van der Waals surface area contributed by atoms with E-state index in [1.807, 2.05) is 0 Å². The van der Waals surface area contributed by atoms with Gasteiger partial charge in [-0.1, -0.05) is 20.8 Å². The maximum absolute atomic E-state index is 5.41. The maximum Gasteiger partial charge on any atom is 0.0594 e. The second-order valence-corrected chi connectivity index (χ2v) is 6.06. The van der Waals surface area contributed by atoms with Crippen molar-refractivity contribution < 1.29 is 4.74 Å². The summed E-state index contributed by atoms with van der Waals surface area (Å²) in [4.78, 5) is 2.67. The minimum atomic E-state index is 0.467. The van der Waals surface area contributed by atoms with Crippen LogP contribution in [-0.4, -0.2) is 36.7 Å². The molecule has 0 aromatic rings. The van der Waals surface area contributed by atoms with Gasteiger partial charge in [0.2, 0.25) is 0 Å². The van der Waals surface area contributed by atoms with Crippen LogP contribution in [0.25, 0.3) is 0 Å². The van der Waals surface area contributed by atoms with Crippen molar-refractivity contribution >= 4 is 0 Å². The summed E-state index contributed by atoms with van der Waals surface area (Å²) in [5.74, 6) is 0. The number of nitrogens with zero attached hydrogens (tertiary/aromatic N) is 1. The molecule has 0 aromatic heterocycles. The predicted molar refractivity (Wildman–Crippen MR) is 58.4 cm³/mol. The van der Waals surface area contributed by atoms with Gasteiger partial charge in [0.05, 0.1) is 13.2 Å². The standard InChI is InChI=1S/C12H23NO/c1-11(2,3)10-12(4-5-12)13-6-8-14-9-7-13/h4-10H2,1-3H3. The van der Waals surface area contributed by atoms with E-state index in [0.717, 1.165) is 26.3 Å². The summed E-state index contributed by atoms with van der Waals surface area (Å²) in [5.41, 5.74) is 1.02. The Balaban J connectivity index is 1.94. The van der Waals surface area contributed by atoms with Crippen LogP contribution in [0.5, 0.6) is 0 Å². The zero-order chi connectivity index (χ0) is 10.2. The summed E-state index contributed by atoms with van der Waals surface area (Å²) in [6, 6.07) is 0. The molecular weight excluding hydrogens is 174 g/mol. The number of morpholine rings is 1. The highest BCUT2D eigenvalue weighted by Crippen LogP contribution is 2.49. The number of ether oxygens (including phenoxy) is 1.